The average molecular weight is 344 g/mol. The quantitative estimate of drug-likeness (QED) is 0.919. The van der Waals surface area contributed by atoms with Crippen LogP contribution in [0, 0.1) is 0 Å². The van der Waals surface area contributed by atoms with E-state index < -0.39 is 27.9 Å². The van der Waals surface area contributed by atoms with Gasteiger partial charge in [0.15, 0.2) is 0 Å². The van der Waals surface area contributed by atoms with E-state index in [1.54, 1.807) is 48.5 Å². The average Bonchev–Trinajstić information content (AvgIpc) is 2.99. The largest absolute Gasteiger partial charge is 0.324 e. The van der Waals surface area contributed by atoms with Crippen molar-refractivity contribution in [3.8, 4) is 0 Å². The van der Waals surface area contributed by atoms with Gasteiger partial charge in [-0.05, 0) is 30.7 Å². The van der Waals surface area contributed by atoms with E-state index in [0.29, 0.717) is 9.99 Å². The Morgan fingerprint density at radius 3 is 2.21 bits per heavy atom. The van der Waals surface area contributed by atoms with Gasteiger partial charge < -0.3 is 5.32 Å². The molecule has 0 aromatic heterocycles. The van der Waals surface area contributed by atoms with E-state index in [2.05, 4.69) is 5.32 Å². The highest BCUT2D eigenvalue weighted by Gasteiger charge is 2.44. The minimum Gasteiger partial charge on any atom is -0.324 e. The SMILES string of the molecule is O=C(Nc1ccccc1)C1CCC(=O)N1S(=O)(=O)c1ccccc1. The number of nitrogens with one attached hydrogen (secondary N) is 1. The fourth-order valence-electron chi connectivity index (χ4n) is 2.65. The van der Waals surface area contributed by atoms with Gasteiger partial charge in [0.1, 0.15) is 6.04 Å². The van der Waals surface area contributed by atoms with Crippen molar-refractivity contribution < 1.29 is 18.0 Å². The topological polar surface area (TPSA) is 83.6 Å². The first kappa shape index (κ1) is 16.2. The lowest BCUT2D eigenvalue weighted by molar-refractivity contribution is -0.128. The molecule has 1 N–H and O–H groups in total. The Balaban J connectivity index is 1.88. The molecule has 3 rings (SSSR count). The maximum Gasteiger partial charge on any atom is 0.267 e. The molecule has 1 aliphatic rings. The molecule has 2 amide bonds. The maximum absolute atomic E-state index is 12.7. The zero-order valence-corrected chi connectivity index (χ0v) is 13.6. The Hall–Kier alpha value is -2.67. The number of hydrogen-bond acceptors (Lipinski definition) is 4. The van der Waals surface area contributed by atoms with E-state index in [1.807, 2.05) is 0 Å². The standard InChI is InChI=1S/C17H16N2O4S/c20-16-12-11-15(17(21)18-13-7-3-1-4-8-13)19(16)24(22,23)14-9-5-2-6-10-14/h1-10,15H,11-12H2,(H,18,21). The van der Waals surface area contributed by atoms with Gasteiger partial charge in [-0.25, -0.2) is 12.7 Å². The third-order valence-electron chi connectivity index (χ3n) is 3.80. The summed E-state index contributed by atoms with van der Waals surface area (Å²) in [5, 5.41) is 2.66. The molecule has 6 nitrogen and oxygen atoms in total. The predicted molar refractivity (Wildman–Crippen MR) is 88.6 cm³/mol. The van der Waals surface area contributed by atoms with Crippen molar-refractivity contribution in [2.24, 2.45) is 0 Å². The molecule has 2 aromatic rings. The molecule has 1 fully saturated rings. The molecule has 0 spiro atoms. The van der Waals surface area contributed by atoms with Crippen molar-refractivity contribution >= 4 is 27.5 Å². The van der Waals surface area contributed by atoms with E-state index >= 15 is 0 Å². The van der Waals surface area contributed by atoms with Crippen LogP contribution in [-0.4, -0.2) is 30.6 Å². The summed E-state index contributed by atoms with van der Waals surface area (Å²) in [5.74, 6) is -1.07. The number of amides is 2. The fourth-order valence-corrected chi connectivity index (χ4v) is 4.28. The van der Waals surface area contributed by atoms with Crippen molar-refractivity contribution in [3.05, 3.63) is 60.7 Å². The van der Waals surface area contributed by atoms with Gasteiger partial charge >= 0.3 is 0 Å². The van der Waals surface area contributed by atoms with E-state index in [4.69, 9.17) is 0 Å². The number of rotatable bonds is 4. The van der Waals surface area contributed by atoms with Crippen LogP contribution in [0.4, 0.5) is 5.69 Å². The van der Waals surface area contributed by atoms with E-state index in [0.717, 1.165) is 0 Å². The lowest BCUT2D eigenvalue weighted by atomic mass is 10.2. The lowest BCUT2D eigenvalue weighted by Crippen LogP contribution is -2.45. The summed E-state index contributed by atoms with van der Waals surface area (Å²) in [5.41, 5.74) is 0.555. The highest BCUT2D eigenvalue weighted by Crippen LogP contribution is 2.28. The van der Waals surface area contributed by atoms with Crippen molar-refractivity contribution in [2.45, 2.75) is 23.8 Å². The van der Waals surface area contributed by atoms with Gasteiger partial charge in [0.25, 0.3) is 10.0 Å². The highest BCUT2D eigenvalue weighted by atomic mass is 32.2. The molecule has 1 heterocycles. The number of nitrogens with zero attached hydrogens (tertiary/aromatic N) is 1. The van der Waals surface area contributed by atoms with Crippen LogP contribution in [0.5, 0.6) is 0 Å². The molecule has 1 aliphatic heterocycles. The van der Waals surface area contributed by atoms with Gasteiger partial charge in [0, 0.05) is 12.1 Å². The number of carbonyl (C=O) groups excluding carboxylic acids is 2. The van der Waals surface area contributed by atoms with Crippen LogP contribution in [-0.2, 0) is 19.6 Å². The molecule has 2 aromatic carbocycles. The van der Waals surface area contributed by atoms with Crippen LogP contribution < -0.4 is 5.32 Å². The molecule has 0 saturated carbocycles. The Labute approximate surface area is 140 Å². The molecule has 24 heavy (non-hydrogen) atoms. The summed E-state index contributed by atoms with van der Waals surface area (Å²) < 4.78 is 26.2. The Kier molecular flexibility index (Phi) is 4.35. The predicted octanol–water partition coefficient (Wildman–Crippen LogP) is 2.01. The minimum absolute atomic E-state index is 0.00207. The van der Waals surface area contributed by atoms with Crippen LogP contribution in [0.2, 0.25) is 0 Å². The molecule has 1 saturated heterocycles. The Morgan fingerprint density at radius 2 is 1.58 bits per heavy atom. The number of carbonyl (C=O) groups is 2. The van der Waals surface area contributed by atoms with Gasteiger partial charge in [-0.3, -0.25) is 9.59 Å². The summed E-state index contributed by atoms with van der Waals surface area (Å²) in [7, 11) is -4.05. The zero-order valence-electron chi connectivity index (χ0n) is 12.8. The minimum atomic E-state index is -4.05. The lowest BCUT2D eigenvalue weighted by Gasteiger charge is -2.23. The summed E-state index contributed by atoms with van der Waals surface area (Å²) in [4.78, 5) is 24.6. The van der Waals surface area contributed by atoms with Crippen molar-refractivity contribution in [1.29, 1.82) is 0 Å². The van der Waals surface area contributed by atoms with Crippen LogP contribution >= 0.6 is 0 Å². The molecule has 1 atom stereocenters. The molecule has 124 valence electrons. The van der Waals surface area contributed by atoms with Gasteiger partial charge in [0.2, 0.25) is 11.8 Å². The molecule has 0 aliphatic carbocycles. The van der Waals surface area contributed by atoms with Crippen molar-refractivity contribution in [3.63, 3.8) is 0 Å². The number of para-hydroxylation sites is 1. The Morgan fingerprint density at radius 1 is 1.00 bits per heavy atom. The second kappa shape index (κ2) is 6.45. The first-order valence-electron chi connectivity index (χ1n) is 7.48. The highest BCUT2D eigenvalue weighted by molar-refractivity contribution is 7.89. The van der Waals surface area contributed by atoms with Gasteiger partial charge in [-0.15, -0.1) is 0 Å². The molecule has 1 unspecified atom stereocenters. The van der Waals surface area contributed by atoms with Crippen LogP contribution in [0.25, 0.3) is 0 Å². The number of benzene rings is 2. The Bertz CT molecular complexity index is 851. The third-order valence-corrected chi connectivity index (χ3v) is 5.65. The summed E-state index contributed by atoms with van der Waals surface area (Å²) in [6, 6.07) is 15.3. The normalized spacial score (nSPS) is 17.8. The monoisotopic (exact) mass is 344 g/mol. The summed E-state index contributed by atoms with van der Waals surface area (Å²) >= 11 is 0. The first-order valence-corrected chi connectivity index (χ1v) is 8.92. The number of sulfonamides is 1. The molecular formula is C17H16N2O4S. The molecule has 0 radical (unpaired) electrons. The summed E-state index contributed by atoms with van der Waals surface area (Å²) in [6.07, 6.45) is 0.197. The van der Waals surface area contributed by atoms with E-state index in [9.17, 15) is 18.0 Å². The van der Waals surface area contributed by atoms with Crippen LogP contribution in [0.1, 0.15) is 12.8 Å². The van der Waals surface area contributed by atoms with Crippen LogP contribution in [0.3, 0.4) is 0 Å². The smallest absolute Gasteiger partial charge is 0.267 e. The van der Waals surface area contributed by atoms with Gasteiger partial charge in [0.05, 0.1) is 4.90 Å². The number of hydrogen-bond donors (Lipinski definition) is 1. The molecule has 0 bridgehead atoms. The van der Waals surface area contributed by atoms with Gasteiger partial charge in [-0.2, -0.15) is 0 Å². The second-order valence-electron chi connectivity index (χ2n) is 5.42. The fraction of sp³-hybridized carbons (Fsp3) is 0.176. The molecular weight excluding hydrogens is 328 g/mol. The van der Waals surface area contributed by atoms with E-state index in [1.165, 1.54) is 12.1 Å². The molecule has 7 heteroatoms. The summed E-state index contributed by atoms with van der Waals surface area (Å²) in [6.45, 7) is 0. The second-order valence-corrected chi connectivity index (χ2v) is 7.23. The zero-order chi connectivity index (χ0) is 17.2. The van der Waals surface area contributed by atoms with Crippen molar-refractivity contribution in [1.82, 2.24) is 4.31 Å². The van der Waals surface area contributed by atoms with Crippen LogP contribution in [0.15, 0.2) is 65.6 Å². The van der Waals surface area contributed by atoms with E-state index in [-0.39, 0.29) is 17.7 Å². The maximum atomic E-state index is 12.7. The first-order chi connectivity index (χ1) is 11.5. The van der Waals surface area contributed by atoms with Gasteiger partial charge in [-0.1, -0.05) is 36.4 Å². The number of anilines is 1. The third kappa shape index (κ3) is 3.03. The van der Waals surface area contributed by atoms with Crippen molar-refractivity contribution in [2.75, 3.05) is 5.32 Å².